The molecule has 3 rings (SSSR count). The minimum Gasteiger partial charge on any atom is -0.492 e. The van der Waals surface area contributed by atoms with Gasteiger partial charge in [-0.05, 0) is 6.07 Å². The number of aliphatic hydroxyl groups is 1. The smallest absolute Gasteiger partial charge is 0.124 e. The van der Waals surface area contributed by atoms with Crippen LogP contribution in [0.5, 0.6) is 5.75 Å². The van der Waals surface area contributed by atoms with Gasteiger partial charge in [0.05, 0.1) is 12.3 Å². The van der Waals surface area contributed by atoms with Crippen LogP contribution >= 0.6 is 11.3 Å². The van der Waals surface area contributed by atoms with Crippen molar-refractivity contribution >= 4 is 11.3 Å². The number of aromatic nitrogens is 1. The first-order valence-corrected chi connectivity index (χ1v) is 6.77. The van der Waals surface area contributed by atoms with E-state index < -0.39 is 0 Å². The fourth-order valence-corrected chi connectivity index (χ4v) is 2.74. The van der Waals surface area contributed by atoms with Crippen LogP contribution in [0.25, 0.3) is 10.6 Å². The number of thiazole rings is 1. The predicted molar refractivity (Wildman–Crippen MR) is 70.7 cm³/mol. The Kier molecular flexibility index (Phi) is 3.27. The zero-order chi connectivity index (χ0) is 12.4. The molecule has 0 aliphatic carbocycles. The lowest BCUT2D eigenvalue weighted by Gasteiger charge is -2.07. The van der Waals surface area contributed by atoms with Gasteiger partial charge in [-0.15, -0.1) is 11.3 Å². The Morgan fingerprint density at radius 1 is 1.44 bits per heavy atom. The molecular formula is C13H14N2O2S. The zero-order valence-corrected chi connectivity index (χ0v) is 10.7. The van der Waals surface area contributed by atoms with Crippen molar-refractivity contribution in [2.75, 3.05) is 13.2 Å². The van der Waals surface area contributed by atoms with E-state index in [1.807, 2.05) is 11.4 Å². The number of aliphatic hydroxyl groups excluding tert-OH is 1. The van der Waals surface area contributed by atoms with Crippen LogP contribution in [0.3, 0.4) is 0 Å². The van der Waals surface area contributed by atoms with E-state index >= 15 is 0 Å². The minimum absolute atomic E-state index is 0.0120. The van der Waals surface area contributed by atoms with Crippen LogP contribution in [0.1, 0.15) is 11.3 Å². The molecule has 0 radical (unpaired) electrons. The monoisotopic (exact) mass is 262 g/mol. The third-order valence-corrected chi connectivity index (χ3v) is 3.82. The Morgan fingerprint density at radius 2 is 2.39 bits per heavy atom. The van der Waals surface area contributed by atoms with E-state index in [1.54, 1.807) is 11.3 Å². The highest BCUT2D eigenvalue weighted by atomic mass is 32.1. The highest BCUT2D eigenvalue weighted by Crippen LogP contribution is 2.30. The Bertz CT molecular complexity index is 554. The number of hydrogen-bond donors (Lipinski definition) is 2. The molecule has 1 aromatic heterocycles. The summed E-state index contributed by atoms with van der Waals surface area (Å²) < 4.78 is 5.71. The first kappa shape index (κ1) is 11.6. The number of nitrogens with zero attached hydrogens (tertiary/aromatic N) is 1. The molecule has 94 valence electrons. The summed E-state index contributed by atoms with van der Waals surface area (Å²) in [4.78, 5) is 4.37. The van der Waals surface area contributed by atoms with Crippen molar-refractivity contribution in [2.24, 2.45) is 0 Å². The molecule has 1 aromatic carbocycles. The van der Waals surface area contributed by atoms with E-state index in [2.05, 4.69) is 22.4 Å². The predicted octanol–water partition coefficient (Wildman–Crippen LogP) is 1.78. The maximum Gasteiger partial charge on any atom is 0.124 e. The molecule has 1 aliphatic rings. The van der Waals surface area contributed by atoms with Gasteiger partial charge in [0.25, 0.3) is 0 Å². The number of ether oxygens (including phenoxy) is 1. The molecule has 0 fully saturated rings. The van der Waals surface area contributed by atoms with Gasteiger partial charge in [-0.1, -0.05) is 12.1 Å². The second kappa shape index (κ2) is 5.06. The number of benzene rings is 1. The van der Waals surface area contributed by atoms with Crippen LogP contribution < -0.4 is 10.1 Å². The standard InChI is InChI=1S/C13H14N2O2S/c16-7-11-8-18-13(15-11)9-1-2-10-6-14-3-4-17-12(10)5-9/h1-2,5,8,14,16H,3-4,6-7H2. The van der Waals surface area contributed by atoms with E-state index in [4.69, 9.17) is 9.84 Å². The summed E-state index contributed by atoms with van der Waals surface area (Å²) in [6.07, 6.45) is 0. The van der Waals surface area contributed by atoms with Gasteiger partial charge < -0.3 is 15.2 Å². The third kappa shape index (κ3) is 2.25. The van der Waals surface area contributed by atoms with Gasteiger partial charge >= 0.3 is 0 Å². The molecule has 2 heterocycles. The fraction of sp³-hybridized carbons (Fsp3) is 0.308. The third-order valence-electron chi connectivity index (χ3n) is 2.88. The summed E-state index contributed by atoms with van der Waals surface area (Å²) in [5.41, 5.74) is 2.93. The number of rotatable bonds is 2. The molecule has 0 saturated heterocycles. The first-order valence-electron chi connectivity index (χ1n) is 5.89. The number of fused-ring (bicyclic) bond motifs is 1. The zero-order valence-electron chi connectivity index (χ0n) is 9.85. The molecule has 0 bridgehead atoms. The maximum absolute atomic E-state index is 9.04. The lowest BCUT2D eigenvalue weighted by Crippen LogP contribution is -2.16. The molecule has 0 amide bonds. The van der Waals surface area contributed by atoms with Crippen molar-refractivity contribution in [1.82, 2.24) is 10.3 Å². The van der Waals surface area contributed by atoms with Gasteiger partial charge in [0.15, 0.2) is 0 Å². The maximum atomic E-state index is 9.04. The Balaban J connectivity index is 1.95. The Hall–Kier alpha value is -1.43. The Labute approximate surface area is 109 Å². The SMILES string of the molecule is OCc1csc(-c2ccc3c(c2)OCCNC3)n1. The molecule has 18 heavy (non-hydrogen) atoms. The van der Waals surface area contributed by atoms with Gasteiger partial charge in [0, 0.05) is 29.6 Å². The molecule has 4 nitrogen and oxygen atoms in total. The van der Waals surface area contributed by atoms with Crippen molar-refractivity contribution in [1.29, 1.82) is 0 Å². The fourth-order valence-electron chi connectivity index (χ4n) is 1.94. The van der Waals surface area contributed by atoms with Crippen LogP contribution in [-0.4, -0.2) is 23.2 Å². The van der Waals surface area contributed by atoms with Crippen molar-refractivity contribution in [3.05, 3.63) is 34.8 Å². The largest absolute Gasteiger partial charge is 0.492 e. The summed E-state index contributed by atoms with van der Waals surface area (Å²) in [7, 11) is 0. The molecule has 2 N–H and O–H groups in total. The summed E-state index contributed by atoms with van der Waals surface area (Å²) in [6, 6.07) is 6.15. The molecular weight excluding hydrogens is 248 g/mol. The summed E-state index contributed by atoms with van der Waals surface area (Å²) >= 11 is 1.54. The topological polar surface area (TPSA) is 54.4 Å². The van der Waals surface area contributed by atoms with Crippen LogP contribution in [0.4, 0.5) is 0 Å². The highest BCUT2D eigenvalue weighted by molar-refractivity contribution is 7.13. The van der Waals surface area contributed by atoms with E-state index in [-0.39, 0.29) is 6.61 Å². The molecule has 5 heteroatoms. The number of hydrogen-bond acceptors (Lipinski definition) is 5. The van der Waals surface area contributed by atoms with Crippen LogP contribution in [0.2, 0.25) is 0 Å². The lowest BCUT2D eigenvalue weighted by atomic mass is 10.1. The molecule has 2 aromatic rings. The molecule has 0 unspecified atom stereocenters. The van der Waals surface area contributed by atoms with Crippen molar-refractivity contribution in [3.63, 3.8) is 0 Å². The molecule has 0 saturated carbocycles. The second-order valence-electron chi connectivity index (χ2n) is 4.15. The van der Waals surface area contributed by atoms with Crippen molar-refractivity contribution in [3.8, 4) is 16.3 Å². The van der Waals surface area contributed by atoms with Gasteiger partial charge in [-0.3, -0.25) is 0 Å². The average molecular weight is 262 g/mol. The van der Waals surface area contributed by atoms with Gasteiger partial charge in [-0.2, -0.15) is 0 Å². The van der Waals surface area contributed by atoms with Gasteiger partial charge in [0.1, 0.15) is 17.4 Å². The second-order valence-corrected chi connectivity index (χ2v) is 5.01. The van der Waals surface area contributed by atoms with Crippen LogP contribution in [-0.2, 0) is 13.2 Å². The highest BCUT2D eigenvalue weighted by Gasteiger charge is 2.11. The Morgan fingerprint density at radius 3 is 3.22 bits per heavy atom. The van der Waals surface area contributed by atoms with E-state index in [1.165, 1.54) is 5.56 Å². The quantitative estimate of drug-likeness (QED) is 0.866. The van der Waals surface area contributed by atoms with E-state index in [9.17, 15) is 0 Å². The molecule has 0 atom stereocenters. The van der Waals surface area contributed by atoms with E-state index in [0.29, 0.717) is 12.3 Å². The van der Waals surface area contributed by atoms with Crippen molar-refractivity contribution < 1.29 is 9.84 Å². The minimum atomic E-state index is -0.0120. The molecule has 0 spiro atoms. The van der Waals surface area contributed by atoms with Crippen LogP contribution in [0, 0.1) is 0 Å². The molecule has 1 aliphatic heterocycles. The van der Waals surface area contributed by atoms with Gasteiger partial charge in [0.2, 0.25) is 0 Å². The van der Waals surface area contributed by atoms with Crippen molar-refractivity contribution in [2.45, 2.75) is 13.2 Å². The van der Waals surface area contributed by atoms with Gasteiger partial charge in [-0.25, -0.2) is 4.98 Å². The average Bonchev–Trinajstić information content (AvgIpc) is 2.76. The lowest BCUT2D eigenvalue weighted by molar-refractivity contribution is 0.278. The summed E-state index contributed by atoms with van der Waals surface area (Å²) in [5, 5.41) is 15.1. The summed E-state index contributed by atoms with van der Waals surface area (Å²) in [5.74, 6) is 0.929. The summed E-state index contributed by atoms with van der Waals surface area (Å²) in [6.45, 7) is 2.39. The first-order chi connectivity index (χ1) is 8.86. The van der Waals surface area contributed by atoms with Crippen LogP contribution in [0.15, 0.2) is 23.6 Å². The number of nitrogens with one attached hydrogen (secondary N) is 1. The normalized spacial score (nSPS) is 14.7. The van der Waals surface area contributed by atoms with E-state index in [0.717, 1.165) is 29.4 Å².